The number of aryl methyl sites for hydroxylation is 1. The van der Waals surface area contributed by atoms with E-state index in [1.807, 2.05) is 24.3 Å². The lowest BCUT2D eigenvalue weighted by molar-refractivity contribution is -0.136. The molecule has 0 spiro atoms. The smallest absolute Gasteiger partial charge is 0.238 e. The van der Waals surface area contributed by atoms with Gasteiger partial charge >= 0.3 is 0 Å². The topological polar surface area (TPSA) is 61.9 Å². The van der Waals surface area contributed by atoms with E-state index in [4.69, 9.17) is 4.74 Å². The maximum atomic E-state index is 12.1. The first-order valence-corrected chi connectivity index (χ1v) is 8.01. The molecule has 2 rings (SSSR count). The molecule has 1 aliphatic rings. The fourth-order valence-electron chi connectivity index (χ4n) is 2.51. The van der Waals surface area contributed by atoms with Crippen molar-refractivity contribution in [2.24, 2.45) is 0 Å². The van der Waals surface area contributed by atoms with E-state index in [2.05, 4.69) is 12.2 Å². The highest BCUT2D eigenvalue weighted by Gasteiger charge is 2.19. The van der Waals surface area contributed by atoms with Crippen molar-refractivity contribution in [2.75, 3.05) is 51.8 Å². The molecule has 0 unspecified atom stereocenters. The van der Waals surface area contributed by atoms with Crippen LogP contribution in [0.4, 0.5) is 5.69 Å². The molecule has 0 saturated carbocycles. The molecule has 1 fully saturated rings. The predicted octanol–water partition coefficient (Wildman–Crippen LogP) is 0.978. The summed E-state index contributed by atoms with van der Waals surface area (Å²) >= 11 is 0. The second-order valence-electron chi connectivity index (χ2n) is 5.77. The van der Waals surface area contributed by atoms with E-state index >= 15 is 0 Å². The van der Waals surface area contributed by atoms with Crippen molar-refractivity contribution in [1.29, 1.82) is 0 Å². The number of nitrogens with one attached hydrogen (secondary N) is 1. The molecule has 1 N–H and O–H groups in total. The van der Waals surface area contributed by atoms with E-state index < -0.39 is 0 Å². The van der Waals surface area contributed by atoms with Crippen LogP contribution in [0.2, 0.25) is 0 Å². The summed E-state index contributed by atoms with van der Waals surface area (Å²) in [6.07, 6.45) is 0.928. The number of carbonyl (C=O) groups excluding carboxylic acids is 2. The van der Waals surface area contributed by atoms with Crippen LogP contribution in [0.25, 0.3) is 0 Å². The number of hydrogen-bond donors (Lipinski definition) is 1. The average molecular weight is 319 g/mol. The van der Waals surface area contributed by atoms with Crippen molar-refractivity contribution in [3.8, 4) is 0 Å². The van der Waals surface area contributed by atoms with Crippen LogP contribution >= 0.6 is 0 Å². The molecule has 126 valence electrons. The summed E-state index contributed by atoms with van der Waals surface area (Å²) in [6, 6.07) is 7.80. The molecule has 6 nitrogen and oxygen atoms in total. The molecule has 1 aromatic carbocycles. The zero-order valence-electron chi connectivity index (χ0n) is 13.9. The number of likely N-dealkylation sites (N-methyl/N-ethyl adjacent to an activating group) is 1. The molecule has 0 aromatic heterocycles. The zero-order valence-corrected chi connectivity index (χ0v) is 13.9. The molecule has 2 amide bonds. The largest absolute Gasteiger partial charge is 0.378 e. The van der Waals surface area contributed by atoms with Gasteiger partial charge in [0.1, 0.15) is 0 Å². The fourth-order valence-corrected chi connectivity index (χ4v) is 2.51. The Morgan fingerprint density at radius 2 is 2.00 bits per heavy atom. The van der Waals surface area contributed by atoms with Crippen LogP contribution in [0, 0.1) is 0 Å². The number of ether oxygens (including phenoxy) is 1. The molecule has 6 heteroatoms. The van der Waals surface area contributed by atoms with Gasteiger partial charge in [-0.05, 0) is 31.2 Å². The second-order valence-corrected chi connectivity index (χ2v) is 5.77. The highest BCUT2D eigenvalue weighted by Crippen LogP contribution is 2.11. The van der Waals surface area contributed by atoms with Gasteiger partial charge in [0.25, 0.3) is 0 Å². The highest BCUT2D eigenvalue weighted by molar-refractivity contribution is 5.92. The first-order valence-electron chi connectivity index (χ1n) is 8.01. The third-order valence-corrected chi connectivity index (χ3v) is 3.80. The van der Waals surface area contributed by atoms with Gasteiger partial charge in [0, 0.05) is 18.8 Å². The van der Waals surface area contributed by atoms with Crippen LogP contribution in [0.15, 0.2) is 24.3 Å². The van der Waals surface area contributed by atoms with Crippen LogP contribution in [-0.4, -0.2) is 68.1 Å². The predicted molar refractivity (Wildman–Crippen MR) is 89.3 cm³/mol. The number of benzene rings is 1. The van der Waals surface area contributed by atoms with Crippen molar-refractivity contribution < 1.29 is 14.3 Å². The number of rotatable bonds is 6. The molecular weight excluding hydrogens is 294 g/mol. The molecule has 0 radical (unpaired) electrons. The monoisotopic (exact) mass is 319 g/mol. The molecule has 0 atom stereocenters. The third kappa shape index (κ3) is 5.65. The van der Waals surface area contributed by atoms with E-state index in [-0.39, 0.29) is 24.9 Å². The number of anilines is 1. The summed E-state index contributed by atoms with van der Waals surface area (Å²) < 4.78 is 5.23. The summed E-state index contributed by atoms with van der Waals surface area (Å²) in [5, 5.41) is 2.87. The maximum absolute atomic E-state index is 12.1. The summed E-state index contributed by atoms with van der Waals surface area (Å²) in [6.45, 7) is 4.93. The van der Waals surface area contributed by atoms with Gasteiger partial charge in [-0.25, -0.2) is 0 Å². The Morgan fingerprint density at radius 1 is 1.26 bits per heavy atom. The second kappa shape index (κ2) is 8.64. The molecular formula is C17H25N3O3. The Kier molecular flexibility index (Phi) is 6.55. The Balaban J connectivity index is 1.78. The average Bonchev–Trinajstić information content (AvgIpc) is 2.55. The van der Waals surface area contributed by atoms with Crippen molar-refractivity contribution in [2.45, 2.75) is 13.3 Å². The summed E-state index contributed by atoms with van der Waals surface area (Å²) in [5.74, 6) is -0.0767. The molecule has 1 saturated heterocycles. The first-order chi connectivity index (χ1) is 11.1. The van der Waals surface area contributed by atoms with E-state index in [0.29, 0.717) is 26.3 Å². The van der Waals surface area contributed by atoms with Gasteiger partial charge in [0.2, 0.25) is 11.8 Å². The first kappa shape index (κ1) is 17.4. The number of morpholine rings is 1. The zero-order chi connectivity index (χ0) is 16.7. The third-order valence-electron chi connectivity index (χ3n) is 3.80. The van der Waals surface area contributed by atoms with Crippen molar-refractivity contribution >= 4 is 17.5 Å². The Labute approximate surface area is 137 Å². The Bertz CT molecular complexity index is 542. The lowest BCUT2D eigenvalue weighted by atomic mass is 10.1. The van der Waals surface area contributed by atoms with Crippen molar-refractivity contribution in [1.82, 2.24) is 9.80 Å². The van der Waals surface area contributed by atoms with Gasteiger partial charge in [-0.15, -0.1) is 0 Å². The van der Waals surface area contributed by atoms with Gasteiger partial charge in [-0.2, -0.15) is 0 Å². The lowest BCUT2D eigenvalue weighted by Gasteiger charge is -2.28. The minimum Gasteiger partial charge on any atom is -0.378 e. The van der Waals surface area contributed by atoms with Crippen molar-refractivity contribution in [3.05, 3.63) is 29.8 Å². The summed E-state index contributed by atoms with van der Waals surface area (Å²) in [7, 11) is 1.78. The highest BCUT2D eigenvalue weighted by atomic mass is 16.5. The van der Waals surface area contributed by atoms with Gasteiger partial charge in [-0.3, -0.25) is 14.5 Å². The number of carbonyl (C=O) groups is 2. The van der Waals surface area contributed by atoms with Gasteiger partial charge < -0.3 is 15.0 Å². The molecule has 1 heterocycles. The van der Waals surface area contributed by atoms with E-state index in [1.165, 1.54) is 5.56 Å². The minimum absolute atomic E-state index is 0.0385. The Morgan fingerprint density at radius 3 is 2.70 bits per heavy atom. The standard InChI is InChI=1S/C17H25N3O3/c1-3-14-5-4-6-15(11-14)18-16(21)12-19(2)13-17(22)20-7-9-23-10-8-20/h4-6,11H,3,7-10,12-13H2,1-2H3,(H,18,21). The van der Waals surface area contributed by atoms with Crippen LogP contribution in [0.1, 0.15) is 12.5 Å². The quantitative estimate of drug-likeness (QED) is 0.849. The molecule has 1 aliphatic heterocycles. The van der Waals surface area contributed by atoms with Crippen molar-refractivity contribution in [3.63, 3.8) is 0 Å². The lowest BCUT2D eigenvalue weighted by Crippen LogP contribution is -2.46. The number of amides is 2. The normalized spacial score (nSPS) is 14.8. The van der Waals surface area contributed by atoms with E-state index in [9.17, 15) is 9.59 Å². The fraction of sp³-hybridized carbons (Fsp3) is 0.529. The van der Waals surface area contributed by atoms with Crippen LogP contribution in [0.3, 0.4) is 0 Å². The van der Waals surface area contributed by atoms with E-state index in [1.54, 1.807) is 16.8 Å². The number of hydrogen-bond acceptors (Lipinski definition) is 4. The van der Waals surface area contributed by atoms with Crippen LogP contribution < -0.4 is 5.32 Å². The minimum atomic E-state index is -0.115. The van der Waals surface area contributed by atoms with Crippen LogP contribution in [0.5, 0.6) is 0 Å². The Hall–Kier alpha value is -1.92. The maximum Gasteiger partial charge on any atom is 0.238 e. The molecule has 0 aliphatic carbocycles. The van der Waals surface area contributed by atoms with Gasteiger partial charge in [0.15, 0.2) is 0 Å². The SMILES string of the molecule is CCc1cccc(NC(=O)CN(C)CC(=O)N2CCOCC2)c1. The van der Waals surface area contributed by atoms with Crippen LogP contribution in [-0.2, 0) is 20.7 Å². The summed E-state index contributed by atoms with van der Waals surface area (Å²) in [5.41, 5.74) is 1.97. The molecule has 0 bridgehead atoms. The van der Waals surface area contributed by atoms with Gasteiger partial charge in [-0.1, -0.05) is 19.1 Å². The molecule has 1 aromatic rings. The summed E-state index contributed by atoms with van der Waals surface area (Å²) in [4.78, 5) is 27.7. The van der Waals surface area contributed by atoms with E-state index in [0.717, 1.165) is 12.1 Å². The van der Waals surface area contributed by atoms with Gasteiger partial charge in [0.05, 0.1) is 26.3 Å². The molecule has 23 heavy (non-hydrogen) atoms. The number of nitrogens with zero attached hydrogens (tertiary/aromatic N) is 2.